The number of nitrogens with one attached hydrogen (secondary N) is 2. The number of carbonyl (C=O) groups is 7. The van der Waals surface area contributed by atoms with Crippen molar-refractivity contribution in [3.63, 3.8) is 0 Å². The highest BCUT2D eigenvalue weighted by Gasteiger charge is 2.43. The second-order valence-corrected chi connectivity index (χ2v) is 12.8. The molecule has 2 aliphatic heterocycles. The molecule has 2 fully saturated rings. The van der Waals surface area contributed by atoms with E-state index in [0.717, 1.165) is 0 Å². The van der Waals surface area contributed by atoms with E-state index in [-0.39, 0.29) is 43.6 Å². The van der Waals surface area contributed by atoms with Crippen molar-refractivity contribution >= 4 is 53.1 Å². The molecule has 0 bridgehead atoms. The van der Waals surface area contributed by atoms with E-state index in [1.165, 1.54) is 42.6 Å². The van der Waals surface area contributed by atoms with Crippen molar-refractivity contribution < 1.29 is 43.0 Å². The van der Waals surface area contributed by atoms with Gasteiger partial charge in [0.25, 0.3) is 5.91 Å². The SMILES string of the molecule is CCC(C)[C@@H]1NC(=O)[C@@H]2CCCN2C(=O)[C@@H](CC(CCl)OC(C)=O)OC(=O)CCNC(=O)[C@H](C)N(C)C(=O)[C@H](C(C)C)N(C)C1=O. The highest BCUT2D eigenvalue weighted by atomic mass is 35.5. The van der Waals surface area contributed by atoms with Gasteiger partial charge >= 0.3 is 11.9 Å². The molecule has 46 heavy (non-hydrogen) atoms. The predicted octanol–water partition coefficient (Wildman–Crippen LogP) is 0.831. The smallest absolute Gasteiger partial charge is 0.308 e. The van der Waals surface area contributed by atoms with E-state index in [0.29, 0.717) is 19.3 Å². The molecule has 2 N–H and O–H groups in total. The van der Waals surface area contributed by atoms with Crippen LogP contribution in [0.4, 0.5) is 0 Å². The van der Waals surface area contributed by atoms with Crippen LogP contribution in [0, 0.1) is 11.8 Å². The summed E-state index contributed by atoms with van der Waals surface area (Å²) < 4.78 is 10.7. The van der Waals surface area contributed by atoms with Crippen molar-refractivity contribution in [2.75, 3.05) is 33.1 Å². The van der Waals surface area contributed by atoms with Crippen LogP contribution in [0.25, 0.3) is 0 Å². The Kier molecular flexibility index (Phi) is 14.7. The Labute approximate surface area is 276 Å². The number of rotatable bonds is 7. The number of ether oxygens (including phenoxy) is 2. The number of esters is 2. The van der Waals surface area contributed by atoms with Crippen molar-refractivity contribution in [1.29, 1.82) is 0 Å². The van der Waals surface area contributed by atoms with Gasteiger partial charge in [0.1, 0.15) is 30.3 Å². The number of fused-ring (bicyclic) bond motifs is 1. The summed E-state index contributed by atoms with van der Waals surface area (Å²) in [5.41, 5.74) is 0. The van der Waals surface area contributed by atoms with E-state index in [4.69, 9.17) is 21.1 Å². The van der Waals surface area contributed by atoms with Gasteiger partial charge in [-0.2, -0.15) is 0 Å². The maximum Gasteiger partial charge on any atom is 0.308 e. The summed E-state index contributed by atoms with van der Waals surface area (Å²) in [5, 5.41) is 5.46. The van der Waals surface area contributed by atoms with Crippen molar-refractivity contribution in [2.24, 2.45) is 11.8 Å². The second kappa shape index (κ2) is 17.5. The van der Waals surface area contributed by atoms with Crippen molar-refractivity contribution in [1.82, 2.24) is 25.3 Å². The summed E-state index contributed by atoms with van der Waals surface area (Å²) in [4.78, 5) is 96.7. The molecule has 0 aromatic rings. The lowest BCUT2D eigenvalue weighted by molar-refractivity contribution is -0.165. The average Bonchev–Trinajstić information content (AvgIpc) is 3.50. The number of alkyl halides is 1. The van der Waals surface area contributed by atoms with Gasteiger partial charge in [-0.3, -0.25) is 33.6 Å². The number of nitrogens with zero attached hydrogens (tertiary/aromatic N) is 3. The van der Waals surface area contributed by atoms with Gasteiger partial charge in [-0.15, -0.1) is 11.6 Å². The maximum absolute atomic E-state index is 14.0. The van der Waals surface area contributed by atoms with E-state index in [9.17, 15) is 33.6 Å². The molecule has 2 rings (SSSR count). The van der Waals surface area contributed by atoms with Crippen LogP contribution >= 0.6 is 11.6 Å². The van der Waals surface area contributed by atoms with Crippen LogP contribution < -0.4 is 10.6 Å². The first-order valence-electron chi connectivity index (χ1n) is 15.9. The Morgan fingerprint density at radius 2 is 1.67 bits per heavy atom. The van der Waals surface area contributed by atoms with E-state index in [1.807, 2.05) is 13.8 Å². The Bertz CT molecular complexity index is 1150. The summed E-state index contributed by atoms with van der Waals surface area (Å²) in [5.74, 6) is -4.97. The van der Waals surface area contributed by atoms with Crippen LogP contribution in [0.15, 0.2) is 0 Å². The van der Waals surface area contributed by atoms with Gasteiger partial charge in [0.05, 0.1) is 12.3 Å². The molecule has 2 heterocycles. The van der Waals surface area contributed by atoms with E-state index >= 15 is 0 Å². The van der Waals surface area contributed by atoms with Crippen molar-refractivity contribution in [3.05, 3.63) is 0 Å². The van der Waals surface area contributed by atoms with Crippen molar-refractivity contribution in [2.45, 2.75) is 110 Å². The number of halogens is 1. The molecule has 260 valence electrons. The lowest BCUT2D eigenvalue weighted by atomic mass is 9.94. The van der Waals surface area contributed by atoms with Gasteiger partial charge in [-0.25, -0.2) is 0 Å². The summed E-state index contributed by atoms with van der Waals surface area (Å²) in [6.07, 6.45) is -1.62. The summed E-state index contributed by atoms with van der Waals surface area (Å²) >= 11 is 5.99. The van der Waals surface area contributed by atoms with Gasteiger partial charge < -0.3 is 34.8 Å². The molecular weight excluding hydrogens is 622 g/mol. The van der Waals surface area contributed by atoms with Gasteiger partial charge in [-0.05, 0) is 31.6 Å². The summed E-state index contributed by atoms with van der Waals surface area (Å²) in [7, 11) is 2.97. The van der Waals surface area contributed by atoms with Gasteiger partial charge in [0, 0.05) is 40.5 Å². The van der Waals surface area contributed by atoms with Crippen LogP contribution in [0.5, 0.6) is 0 Å². The lowest BCUT2D eigenvalue weighted by Gasteiger charge is -2.38. The maximum atomic E-state index is 14.0. The largest absolute Gasteiger partial charge is 0.461 e. The van der Waals surface area contributed by atoms with Crippen LogP contribution in [0.2, 0.25) is 0 Å². The molecule has 5 amide bonds. The zero-order valence-corrected chi connectivity index (χ0v) is 28.9. The molecule has 2 saturated heterocycles. The van der Waals surface area contributed by atoms with Crippen LogP contribution in [0.3, 0.4) is 0 Å². The first-order chi connectivity index (χ1) is 21.5. The summed E-state index contributed by atoms with van der Waals surface area (Å²) in [6.45, 7) is 10.0. The second-order valence-electron chi connectivity index (χ2n) is 12.5. The molecule has 2 unspecified atom stereocenters. The van der Waals surface area contributed by atoms with E-state index in [1.54, 1.807) is 13.8 Å². The predicted molar refractivity (Wildman–Crippen MR) is 168 cm³/mol. The van der Waals surface area contributed by atoms with Gasteiger partial charge in [0.15, 0.2) is 6.10 Å². The van der Waals surface area contributed by atoms with Crippen LogP contribution in [-0.2, 0) is 43.0 Å². The number of hydrogen-bond acceptors (Lipinski definition) is 9. The third-order valence-electron chi connectivity index (χ3n) is 8.73. The molecule has 15 heteroatoms. The minimum Gasteiger partial charge on any atom is -0.461 e. The molecule has 0 aromatic carbocycles. The highest BCUT2D eigenvalue weighted by molar-refractivity contribution is 6.18. The molecule has 0 spiro atoms. The Hall–Kier alpha value is -3.42. The summed E-state index contributed by atoms with van der Waals surface area (Å²) in [6, 6.07) is -3.86. The monoisotopic (exact) mass is 671 g/mol. The quantitative estimate of drug-likeness (QED) is 0.294. The highest BCUT2D eigenvalue weighted by Crippen LogP contribution is 2.24. The molecule has 0 aliphatic carbocycles. The Morgan fingerprint density at radius 3 is 2.24 bits per heavy atom. The van der Waals surface area contributed by atoms with Crippen LogP contribution in [-0.4, -0.2) is 126 Å². The molecule has 0 aromatic heterocycles. The minimum atomic E-state index is -1.44. The minimum absolute atomic E-state index is 0.148. The van der Waals surface area contributed by atoms with Crippen molar-refractivity contribution in [3.8, 4) is 0 Å². The normalized spacial score (nSPS) is 27.6. The topological polar surface area (TPSA) is 172 Å². The number of cyclic esters (lactones) is 1. The number of carbonyl (C=O) groups excluding carboxylic acids is 7. The third-order valence-corrected chi connectivity index (χ3v) is 9.08. The van der Waals surface area contributed by atoms with Crippen LogP contribution in [0.1, 0.15) is 73.6 Å². The van der Waals surface area contributed by atoms with Gasteiger partial charge in [-0.1, -0.05) is 34.1 Å². The van der Waals surface area contributed by atoms with E-state index in [2.05, 4.69) is 10.6 Å². The zero-order valence-electron chi connectivity index (χ0n) is 28.2. The first kappa shape index (κ1) is 38.8. The molecule has 0 saturated carbocycles. The lowest BCUT2D eigenvalue weighted by Crippen LogP contribution is -2.60. The van der Waals surface area contributed by atoms with E-state index < -0.39 is 77.8 Å². The third kappa shape index (κ3) is 9.79. The number of likely N-dealkylation sites (N-methyl/N-ethyl adjacent to an activating group) is 2. The molecule has 2 aliphatic rings. The molecule has 0 radical (unpaired) electrons. The molecule has 14 nitrogen and oxygen atoms in total. The fourth-order valence-corrected chi connectivity index (χ4v) is 5.91. The zero-order chi connectivity index (χ0) is 34.9. The first-order valence-corrected chi connectivity index (χ1v) is 16.4. The number of amides is 5. The fourth-order valence-electron chi connectivity index (χ4n) is 5.72. The average molecular weight is 672 g/mol. The Balaban J connectivity index is 2.56. The fraction of sp³-hybridized carbons (Fsp3) is 0.774. The standard InChI is InChI=1S/C31H50ClN5O9/c1-9-18(4)25-30(43)36(8)26(17(2)3)31(44)35(7)19(5)27(40)33-13-12-24(39)46-23(15-21(16-32)45-20(6)38)29(42)37-14-10-11-22(37)28(41)34-25/h17-19,21-23,25-26H,9-16H2,1-8H3,(H,33,40)(H,34,41)/t18?,19-,21?,22-,23+,25-,26-/m0/s1. The molecule has 7 atom stereocenters. The molecular formula is C31H50ClN5O9. The number of hydrogen-bond donors (Lipinski definition) is 2. The Morgan fingerprint density at radius 1 is 1.02 bits per heavy atom. The van der Waals surface area contributed by atoms with Gasteiger partial charge in [0.2, 0.25) is 23.6 Å².